The number of hydrogen-bond acceptors (Lipinski definition) is 2. The number of carbonyl (C=O) groups excluding carboxylic acids is 1. The maximum atomic E-state index is 12.6. The molecule has 1 rings (SSSR count). The number of likely N-dealkylation sites (N-methyl/N-ethyl adjacent to an activating group) is 2. The van der Waals surface area contributed by atoms with Gasteiger partial charge in [0.15, 0.2) is 0 Å². The zero-order valence-electron chi connectivity index (χ0n) is 8.88. The van der Waals surface area contributed by atoms with Crippen LogP contribution in [0.25, 0.3) is 0 Å². The van der Waals surface area contributed by atoms with E-state index in [0.717, 1.165) is 5.56 Å². The van der Waals surface area contributed by atoms with Gasteiger partial charge in [-0.1, -0.05) is 12.1 Å². The normalized spacial score (nSPS) is 12.2. The van der Waals surface area contributed by atoms with Crippen molar-refractivity contribution >= 4 is 5.91 Å². The molecule has 0 radical (unpaired) electrons. The van der Waals surface area contributed by atoms with E-state index in [1.165, 1.54) is 12.1 Å². The molecule has 0 heterocycles. The highest BCUT2D eigenvalue weighted by Crippen LogP contribution is 2.05. The zero-order chi connectivity index (χ0) is 11.3. The largest absolute Gasteiger partial charge is 0.358 e. The topological polar surface area (TPSA) is 41.1 Å². The molecule has 2 N–H and O–H groups in total. The lowest BCUT2D eigenvalue weighted by atomic mass is 10.1. The molecule has 0 bridgehead atoms. The Hall–Kier alpha value is -1.42. The van der Waals surface area contributed by atoms with E-state index in [1.54, 1.807) is 26.2 Å². The predicted molar refractivity (Wildman–Crippen MR) is 57.0 cm³/mol. The SMILES string of the molecule is CNC(=O)C(Cc1ccc(F)cc1)NC. The molecular formula is C11H15FN2O. The minimum Gasteiger partial charge on any atom is -0.358 e. The third kappa shape index (κ3) is 3.32. The van der Waals surface area contributed by atoms with Crippen LogP contribution in [0.2, 0.25) is 0 Å². The van der Waals surface area contributed by atoms with Crippen molar-refractivity contribution in [2.45, 2.75) is 12.5 Å². The Morgan fingerprint density at radius 2 is 1.93 bits per heavy atom. The molecule has 3 nitrogen and oxygen atoms in total. The Bertz CT molecular complexity index is 324. The van der Waals surface area contributed by atoms with E-state index in [-0.39, 0.29) is 17.8 Å². The number of halogens is 1. The summed E-state index contributed by atoms with van der Waals surface area (Å²) >= 11 is 0. The molecule has 15 heavy (non-hydrogen) atoms. The van der Waals surface area contributed by atoms with Gasteiger partial charge in [0.1, 0.15) is 5.82 Å². The van der Waals surface area contributed by atoms with Crippen LogP contribution in [0.1, 0.15) is 5.56 Å². The summed E-state index contributed by atoms with van der Waals surface area (Å²) in [4.78, 5) is 11.4. The Kier molecular flexibility index (Phi) is 4.24. The molecule has 4 heteroatoms. The maximum absolute atomic E-state index is 12.6. The molecule has 1 aromatic rings. The van der Waals surface area contributed by atoms with Gasteiger partial charge in [0.2, 0.25) is 5.91 Å². The monoisotopic (exact) mass is 210 g/mol. The molecule has 0 saturated carbocycles. The Balaban J connectivity index is 2.66. The summed E-state index contributed by atoms with van der Waals surface area (Å²) < 4.78 is 12.6. The van der Waals surface area contributed by atoms with Crippen molar-refractivity contribution in [2.75, 3.05) is 14.1 Å². The quantitative estimate of drug-likeness (QED) is 0.768. The lowest BCUT2D eigenvalue weighted by Crippen LogP contribution is -2.42. The maximum Gasteiger partial charge on any atom is 0.237 e. The summed E-state index contributed by atoms with van der Waals surface area (Å²) in [5.74, 6) is -0.332. The first-order chi connectivity index (χ1) is 7.17. The second-order valence-electron chi connectivity index (χ2n) is 3.29. The fourth-order valence-corrected chi connectivity index (χ4v) is 1.36. The van der Waals surface area contributed by atoms with Crippen LogP contribution in [-0.2, 0) is 11.2 Å². The molecule has 82 valence electrons. The van der Waals surface area contributed by atoms with Crippen LogP contribution < -0.4 is 10.6 Å². The van der Waals surface area contributed by atoms with Gasteiger partial charge in [0, 0.05) is 7.05 Å². The summed E-state index contributed by atoms with van der Waals surface area (Å²) in [6.45, 7) is 0. The molecule has 0 fully saturated rings. The van der Waals surface area contributed by atoms with Crippen molar-refractivity contribution in [3.05, 3.63) is 35.6 Å². The fraction of sp³-hybridized carbons (Fsp3) is 0.364. The zero-order valence-corrected chi connectivity index (χ0v) is 8.88. The minimum absolute atomic E-state index is 0.0678. The number of amides is 1. The molecule has 0 saturated heterocycles. The molecule has 0 aromatic heterocycles. The molecule has 1 atom stereocenters. The van der Waals surface area contributed by atoms with Gasteiger partial charge in [-0.25, -0.2) is 4.39 Å². The van der Waals surface area contributed by atoms with Gasteiger partial charge in [-0.05, 0) is 31.2 Å². The fourth-order valence-electron chi connectivity index (χ4n) is 1.36. The number of benzene rings is 1. The van der Waals surface area contributed by atoms with Crippen LogP contribution in [-0.4, -0.2) is 26.0 Å². The first-order valence-electron chi connectivity index (χ1n) is 4.80. The van der Waals surface area contributed by atoms with Crippen molar-refractivity contribution in [2.24, 2.45) is 0 Å². The smallest absolute Gasteiger partial charge is 0.237 e. The third-order valence-electron chi connectivity index (χ3n) is 2.26. The predicted octanol–water partition coefficient (Wildman–Crippen LogP) is 0.702. The molecule has 0 spiro atoms. The van der Waals surface area contributed by atoms with E-state index < -0.39 is 0 Å². The second kappa shape index (κ2) is 5.46. The first kappa shape index (κ1) is 11.7. The average Bonchev–Trinajstić information content (AvgIpc) is 2.27. The number of rotatable bonds is 4. The van der Waals surface area contributed by atoms with E-state index in [0.29, 0.717) is 6.42 Å². The summed E-state index contributed by atoms with van der Waals surface area (Å²) in [6, 6.07) is 5.88. The highest BCUT2D eigenvalue weighted by Gasteiger charge is 2.14. The molecule has 1 amide bonds. The Morgan fingerprint density at radius 3 is 2.40 bits per heavy atom. The molecular weight excluding hydrogens is 195 g/mol. The Labute approximate surface area is 88.7 Å². The van der Waals surface area contributed by atoms with Crippen molar-refractivity contribution in [3.63, 3.8) is 0 Å². The average molecular weight is 210 g/mol. The standard InChI is InChI=1S/C11H15FN2O/c1-13-10(11(15)14-2)7-8-3-5-9(12)6-4-8/h3-6,10,13H,7H2,1-2H3,(H,14,15). The molecule has 0 aliphatic rings. The molecule has 1 unspecified atom stereocenters. The van der Waals surface area contributed by atoms with E-state index in [9.17, 15) is 9.18 Å². The number of nitrogens with one attached hydrogen (secondary N) is 2. The third-order valence-corrected chi connectivity index (χ3v) is 2.26. The number of carbonyl (C=O) groups is 1. The highest BCUT2D eigenvalue weighted by atomic mass is 19.1. The summed E-state index contributed by atoms with van der Waals surface area (Å²) in [5, 5.41) is 5.48. The van der Waals surface area contributed by atoms with Crippen molar-refractivity contribution < 1.29 is 9.18 Å². The lowest BCUT2D eigenvalue weighted by molar-refractivity contribution is -0.122. The van der Waals surface area contributed by atoms with Crippen LogP contribution in [0.4, 0.5) is 4.39 Å². The van der Waals surface area contributed by atoms with Crippen molar-refractivity contribution in [1.29, 1.82) is 0 Å². The molecule has 1 aromatic carbocycles. The van der Waals surface area contributed by atoms with E-state index in [1.807, 2.05) is 0 Å². The van der Waals surface area contributed by atoms with Crippen LogP contribution in [0.5, 0.6) is 0 Å². The van der Waals surface area contributed by atoms with Gasteiger partial charge in [0.25, 0.3) is 0 Å². The summed E-state index contributed by atoms with van der Waals surface area (Å²) in [5.41, 5.74) is 0.930. The van der Waals surface area contributed by atoms with Crippen LogP contribution >= 0.6 is 0 Å². The van der Waals surface area contributed by atoms with Crippen LogP contribution in [0, 0.1) is 5.82 Å². The van der Waals surface area contributed by atoms with E-state index in [4.69, 9.17) is 0 Å². The van der Waals surface area contributed by atoms with Gasteiger partial charge in [-0.15, -0.1) is 0 Å². The molecule has 0 aliphatic heterocycles. The van der Waals surface area contributed by atoms with Gasteiger partial charge in [-0.3, -0.25) is 4.79 Å². The highest BCUT2D eigenvalue weighted by molar-refractivity contribution is 5.81. The van der Waals surface area contributed by atoms with Gasteiger partial charge >= 0.3 is 0 Å². The van der Waals surface area contributed by atoms with Gasteiger partial charge < -0.3 is 10.6 Å². The van der Waals surface area contributed by atoms with Gasteiger partial charge in [0.05, 0.1) is 6.04 Å². The van der Waals surface area contributed by atoms with Crippen LogP contribution in [0.3, 0.4) is 0 Å². The minimum atomic E-state index is -0.277. The lowest BCUT2D eigenvalue weighted by Gasteiger charge is -2.14. The van der Waals surface area contributed by atoms with Crippen LogP contribution in [0.15, 0.2) is 24.3 Å². The first-order valence-corrected chi connectivity index (χ1v) is 4.80. The number of hydrogen-bond donors (Lipinski definition) is 2. The Morgan fingerprint density at radius 1 is 1.33 bits per heavy atom. The second-order valence-corrected chi connectivity index (χ2v) is 3.29. The van der Waals surface area contributed by atoms with Crippen molar-refractivity contribution in [1.82, 2.24) is 10.6 Å². The summed E-state index contributed by atoms with van der Waals surface area (Å²) in [7, 11) is 3.32. The van der Waals surface area contributed by atoms with Crippen molar-refractivity contribution in [3.8, 4) is 0 Å². The molecule has 0 aliphatic carbocycles. The van der Waals surface area contributed by atoms with E-state index in [2.05, 4.69) is 10.6 Å². The van der Waals surface area contributed by atoms with E-state index >= 15 is 0 Å². The summed E-state index contributed by atoms with van der Waals surface area (Å²) in [6.07, 6.45) is 0.552. The van der Waals surface area contributed by atoms with Gasteiger partial charge in [-0.2, -0.15) is 0 Å².